The molecule has 2 fully saturated rings. The minimum atomic E-state index is -0.904. The van der Waals surface area contributed by atoms with E-state index in [0.29, 0.717) is 19.4 Å². The Bertz CT molecular complexity index is 644. The van der Waals surface area contributed by atoms with E-state index in [0.717, 1.165) is 37.6 Å². The molecule has 0 aromatic heterocycles. The predicted octanol–water partition coefficient (Wildman–Crippen LogP) is 1.46. The molecule has 1 aliphatic carbocycles. The van der Waals surface area contributed by atoms with Gasteiger partial charge in [-0.3, -0.25) is 9.59 Å². The van der Waals surface area contributed by atoms with Crippen LogP contribution in [0.5, 0.6) is 0 Å². The summed E-state index contributed by atoms with van der Waals surface area (Å²) in [5.41, 5.74) is 0.987. The van der Waals surface area contributed by atoms with Gasteiger partial charge < -0.3 is 20.4 Å². The van der Waals surface area contributed by atoms with Crippen molar-refractivity contribution in [2.75, 3.05) is 50.0 Å². The van der Waals surface area contributed by atoms with E-state index in [-0.39, 0.29) is 11.8 Å². The molecule has 0 atom stereocenters. The monoisotopic (exact) mass is 342 g/mol. The van der Waals surface area contributed by atoms with E-state index in [1.165, 1.54) is 0 Å². The summed E-state index contributed by atoms with van der Waals surface area (Å²) in [4.78, 5) is 29.3. The highest BCUT2D eigenvalue weighted by Gasteiger charge is 2.56. The number of nitrogens with zero attached hydrogens (tertiary/aromatic N) is 2. The number of nitrogens with one attached hydrogen (secondary N) is 2. The lowest BCUT2D eigenvalue weighted by Gasteiger charge is -2.34. The Kier molecular flexibility index (Phi) is 5.08. The third-order valence-electron chi connectivity index (χ3n) is 5.02. The second-order valence-corrected chi connectivity index (χ2v) is 6.87. The Hall–Kier alpha value is -2.34. The van der Waals surface area contributed by atoms with E-state index in [2.05, 4.69) is 34.1 Å². The van der Waals surface area contributed by atoms with Crippen LogP contribution in [0, 0.1) is 5.41 Å². The summed E-state index contributed by atoms with van der Waals surface area (Å²) in [6.45, 7) is 8.09. The van der Waals surface area contributed by atoms with E-state index < -0.39 is 5.41 Å². The molecule has 1 saturated heterocycles. The maximum Gasteiger partial charge on any atom is 0.240 e. The maximum absolute atomic E-state index is 12.5. The van der Waals surface area contributed by atoms with Gasteiger partial charge in [0.25, 0.3) is 0 Å². The van der Waals surface area contributed by atoms with Crippen LogP contribution in [0.4, 0.5) is 11.4 Å². The van der Waals surface area contributed by atoms with Gasteiger partial charge in [-0.25, -0.2) is 0 Å². The predicted molar refractivity (Wildman–Crippen MR) is 99.7 cm³/mol. The van der Waals surface area contributed by atoms with Crippen LogP contribution in [0.1, 0.15) is 12.8 Å². The van der Waals surface area contributed by atoms with Crippen LogP contribution in [-0.4, -0.2) is 56.5 Å². The molecule has 0 unspecified atom stereocenters. The largest absolute Gasteiger partial charge is 0.369 e. The SMILES string of the molecule is C=CCNC(=O)C1(C(=O)Nc2ccc(N3CCN(C)CC3)cc2)CC1. The fourth-order valence-corrected chi connectivity index (χ4v) is 3.09. The quantitative estimate of drug-likeness (QED) is 0.607. The van der Waals surface area contributed by atoms with Gasteiger partial charge in [-0.15, -0.1) is 6.58 Å². The van der Waals surface area contributed by atoms with Crippen molar-refractivity contribution in [1.82, 2.24) is 10.2 Å². The number of rotatable bonds is 6. The number of likely N-dealkylation sites (N-methyl/N-ethyl adjacent to an activating group) is 1. The van der Waals surface area contributed by atoms with Crippen molar-refractivity contribution < 1.29 is 9.59 Å². The van der Waals surface area contributed by atoms with Crippen molar-refractivity contribution in [3.63, 3.8) is 0 Å². The highest BCUT2D eigenvalue weighted by molar-refractivity contribution is 6.13. The zero-order valence-electron chi connectivity index (χ0n) is 14.8. The summed E-state index contributed by atoms with van der Waals surface area (Å²) >= 11 is 0. The topological polar surface area (TPSA) is 64.7 Å². The van der Waals surface area contributed by atoms with E-state index in [4.69, 9.17) is 0 Å². The molecular weight excluding hydrogens is 316 g/mol. The number of hydrogen-bond donors (Lipinski definition) is 2. The summed E-state index contributed by atoms with van der Waals surface area (Å²) in [5.74, 6) is -0.430. The van der Waals surface area contributed by atoms with Crippen molar-refractivity contribution in [3.05, 3.63) is 36.9 Å². The van der Waals surface area contributed by atoms with Crippen LogP contribution in [0.25, 0.3) is 0 Å². The van der Waals surface area contributed by atoms with Gasteiger partial charge in [-0.2, -0.15) is 0 Å². The molecule has 1 heterocycles. The number of piperazine rings is 1. The highest BCUT2D eigenvalue weighted by atomic mass is 16.2. The number of amides is 2. The molecule has 0 spiro atoms. The van der Waals surface area contributed by atoms with E-state index in [9.17, 15) is 9.59 Å². The summed E-state index contributed by atoms with van der Waals surface area (Å²) in [7, 11) is 2.13. The molecule has 6 heteroatoms. The van der Waals surface area contributed by atoms with Crippen molar-refractivity contribution in [3.8, 4) is 0 Å². The zero-order chi connectivity index (χ0) is 17.9. The van der Waals surface area contributed by atoms with E-state index in [1.54, 1.807) is 6.08 Å². The first-order valence-electron chi connectivity index (χ1n) is 8.79. The van der Waals surface area contributed by atoms with Gasteiger partial charge in [-0.05, 0) is 44.2 Å². The molecule has 134 valence electrons. The second kappa shape index (κ2) is 7.27. The van der Waals surface area contributed by atoms with Crippen molar-refractivity contribution in [2.24, 2.45) is 5.41 Å². The molecule has 1 aliphatic heterocycles. The maximum atomic E-state index is 12.5. The summed E-state index contributed by atoms with van der Waals surface area (Å²) < 4.78 is 0. The van der Waals surface area contributed by atoms with Crippen LogP contribution in [0.2, 0.25) is 0 Å². The molecule has 0 bridgehead atoms. The summed E-state index contributed by atoms with van der Waals surface area (Å²) in [6.07, 6.45) is 2.81. The third-order valence-corrected chi connectivity index (χ3v) is 5.02. The third kappa shape index (κ3) is 3.85. The number of benzene rings is 1. The van der Waals surface area contributed by atoms with Crippen molar-refractivity contribution in [2.45, 2.75) is 12.8 Å². The van der Waals surface area contributed by atoms with Crippen LogP contribution in [-0.2, 0) is 9.59 Å². The Morgan fingerprint density at radius 1 is 1.12 bits per heavy atom. The number of hydrogen-bond acceptors (Lipinski definition) is 4. The van der Waals surface area contributed by atoms with Gasteiger partial charge in [-0.1, -0.05) is 6.08 Å². The Morgan fingerprint density at radius 3 is 2.32 bits per heavy atom. The Morgan fingerprint density at radius 2 is 1.76 bits per heavy atom. The van der Waals surface area contributed by atoms with Gasteiger partial charge in [0.15, 0.2) is 0 Å². The zero-order valence-corrected chi connectivity index (χ0v) is 14.8. The minimum absolute atomic E-state index is 0.209. The number of carbonyl (C=O) groups is 2. The first-order chi connectivity index (χ1) is 12.0. The molecule has 2 N–H and O–H groups in total. The lowest BCUT2D eigenvalue weighted by atomic mass is 10.0. The van der Waals surface area contributed by atoms with Crippen molar-refractivity contribution in [1.29, 1.82) is 0 Å². The molecule has 1 aromatic carbocycles. The number of anilines is 2. The minimum Gasteiger partial charge on any atom is -0.369 e. The molecule has 1 aromatic rings. The Labute approximate surface area is 148 Å². The molecular formula is C19H26N4O2. The highest BCUT2D eigenvalue weighted by Crippen LogP contribution is 2.46. The van der Waals surface area contributed by atoms with Crippen LogP contribution in [0.3, 0.4) is 0 Å². The molecule has 2 amide bonds. The molecule has 3 rings (SSSR count). The van der Waals surface area contributed by atoms with Gasteiger partial charge in [0, 0.05) is 44.1 Å². The molecule has 6 nitrogen and oxygen atoms in total. The summed E-state index contributed by atoms with van der Waals surface area (Å²) in [6, 6.07) is 7.86. The standard InChI is InChI=1S/C19H26N4O2/c1-3-10-20-17(24)19(8-9-19)18(25)21-15-4-6-16(7-5-15)23-13-11-22(2)12-14-23/h3-7H,1,8-14H2,2H3,(H,20,24)(H,21,25). The fourth-order valence-electron chi connectivity index (χ4n) is 3.09. The molecule has 25 heavy (non-hydrogen) atoms. The lowest BCUT2D eigenvalue weighted by Crippen LogP contribution is -2.44. The van der Waals surface area contributed by atoms with Gasteiger partial charge in [0.05, 0.1) is 0 Å². The fraction of sp³-hybridized carbons (Fsp3) is 0.474. The molecule has 2 aliphatic rings. The first-order valence-corrected chi connectivity index (χ1v) is 8.79. The average Bonchev–Trinajstić information content (AvgIpc) is 3.43. The average molecular weight is 342 g/mol. The van der Waals surface area contributed by atoms with Crippen LogP contribution >= 0.6 is 0 Å². The van der Waals surface area contributed by atoms with Gasteiger partial charge in [0.1, 0.15) is 5.41 Å². The number of carbonyl (C=O) groups excluding carboxylic acids is 2. The molecule has 1 saturated carbocycles. The van der Waals surface area contributed by atoms with Crippen LogP contribution < -0.4 is 15.5 Å². The first kappa shape index (κ1) is 17.5. The van der Waals surface area contributed by atoms with Crippen molar-refractivity contribution >= 4 is 23.2 Å². The van der Waals surface area contributed by atoms with Gasteiger partial charge >= 0.3 is 0 Å². The van der Waals surface area contributed by atoms with Gasteiger partial charge in [0.2, 0.25) is 11.8 Å². The summed E-state index contributed by atoms with van der Waals surface area (Å²) in [5, 5.41) is 5.62. The smallest absolute Gasteiger partial charge is 0.240 e. The van der Waals surface area contributed by atoms with E-state index >= 15 is 0 Å². The second-order valence-electron chi connectivity index (χ2n) is 6.87. The normalized spacial score (nSPS) is 19.2. The molecule has 0 radical (unpaired) electrons. The van der Waals surface area contributed by atoms with E-state index in [1.807, 2.05) is 24.3 Å². The Balaban J connectivity index is 1.59. The lowest BCUT2D eigenvalue weighted by molar-refractivity contribution is -0.134. The van der Waals surface area contributed by atoms with Crippen LogP contribution in [0.15, 0.2) is 36.9 Å².